The molecule has 0 heterocycles. The molecule has 0 fully saturated rings. The monoisotopic (exact) mass is 169 g/mol. The minimum Gasteiger partial charge on any atom is -0.478 e. The predicted octanol–water partition coefficient (Wildman–Crippen LogP) is 1.13. The van der Waals surface area contributed by atoms with E-state index in [1.54, 1.807) is 0 Å². The average molecular weight is 169 g/mol. The van der Waals surface area contributed by atoms with E-state index >= 15 is 0 Å². The Morgan fingerprint density at radius 3 is 2.67 bits per heavy atom. The Kier molecular flexibility index (Phi) is 5.57. The number of nitrogens with zero attached hydrogens (tertiary/aromatic N) is 1. The van der Waals surface area contributed by atoms with Crippen molar-refractivity contribution >= 4 is 12.0 Å². The molecule has 12 heavy (non-hydrogen) atoms. The van der Waals surface area contributed by atoms with Gasteiger partial charge in [-0.2, -0.15) is 0 Å². The van der Waals surface area contributed by atoms with Crippen molar-refractivity contribution in [3.05, 3.63) is 12.2 Å². The zero-order chi connectivity index (χ0) is 9.40. The number of aliphatic carboxylic acids is 1. The molecule has 0 radical (unpaired) electrons. The zero-order valence-corrected chi connectivity index (χ0v) is 6.75. The summed E-state index contributed by atoms with van der Waals surface area (Å²) < 4.78 is 0. The molecule has 0 amide bonds. The Hall–Kier alpha value is -1.41. The van der Waals surface area contributed by atoms with Gasteiger partial charge in [0.05, 0.1) is 6.54 Å². The smallest absolute Gasteiger partial charge is 0.330 e. The van der Waals surface area contributed by atoms with Gasteiger partial charge in [0.1, 0.15) is 0 Å². The van der Waals surface area contributed by atoms with Crippen LogP contribution in [0.5, 0.6) is 0 Å². The molecule has 66 valence electrons. The molecule has 0 aliphatic carbocycles. The molecule has 0 atom stereocenters. The third-order valence-corrected chi connectivity index (χ3v) is 1.37. The van der Waals surface area contributed by atoms with Gasteiger partial charge in [0.2, 0.25) is 6.08 Å². The first-order valence-electron chi connectivity index (χ1n) is 3.63. The van der Waals surface area contributed by atoms with Gasteiger partial charge in [0, 0.05) is 5.57 Å². The number of carboxylic acid groups (broad SMARTS) is 1. The van der Waals surface area contributed by atoms with Gasteiger partial charge in [-0.15, -0.1) is 0 Å². The van der Waals surface area contributed by atoms with Crippen LogP contribution < -0.4 is 0 Å². The van der Waals surface area contributed by atoms with Crippen LogP contribution in [0.4, 0.5) is 0 Å². The molecule has 0 saturated carbocycles. The highest BCUT2D eigenvalue weighted by Gasteiger charge is 2.01. The van der Waals surface area contributed by atoms with E-state index in [4.69, 9.17) is 5.11 Å². The molecule has 0 spiro atoms. The maximum absolute atomic E-state index is 10.2. The summed E-state index contributed by atoms with van der Waals surface area (Å²) in [5.74, 6) is -0.964. The summed E-state index contributed by atoms with van der Waals surface area (Å²) in [6.45, 7) is 3.78. The summed E-state index contributed by atoms with van der Waals surface area (Å²) in [5.41, 5.74) is 0.199. The summed E-state index contributed by atoms with van der Waals surface area (Å²) in [6, 6.07) is 0. The predicted molar refractivity (Wildman–Crippen MR) is 43.6 cm³/mol. The van der Waals surface area contributed by atoms with Crippen LogP contribution in [0.3, 0.4) is 0 Å². The van der Waals surface area contributed by atoms with Gasteiger partial charge in [0.25, 0.3) is 0 Å². The molecule has 0 bridgehead atoms. The minimum atomic E-state index is -0.964. The third kappa shape index (κ3) is 5.38. The average Bonchev–Trinajstić information content (AvgIpc) is 2.03. The normalized spacial score (nSPS) is 8.67. The van der Waals surface area contributed by atoms with Gasteiger partial charge < -0.3 is 5.11 Å². The second-order valence-electron chi connectivity index (χ2n) is 2.34. The number of unbranched alkanes of at least 4 members (excludes halogenated alkanes) is 1. The van der Waals surface area contributed by atoms with E-state index in [1.807, 2.05) is 0 Å². The number of carboxylic acids is 1. The second kappa shape index (κ2) is 6.31. The Balaban J connectivity index is 3.37. The molecule has 0 unspecified atom stereocenters. The van der Waals surface area contributed by atoms with Crippen LogP contribution in [0.15, 0.2) is 17.1 Å². The lowest BCUT2D eigenvalue weighted by Gasteiger charge is -1.97. The van der Waals surface area contributed by atoms with E-state index < -0.39 is 5.97 Å². The van der Waals surface area contributed by atoms with Crippen molar-refractivity contribution in [1.82, 2.24) is 0 Å². The van der Waals surface area contributed by atoms with Gasteiger partial charge >= 0.3 is 5.97 Å². The second-order valence-corrected chi connectivity index (χ2v) is 2.34. The van der Waals surface area contributed by atoms with Crippen molar-refractivity contribution < 1.29 is 14.7 Å². The van der Waals surface area contributed by atoms with E-state index in [1.165, 1.54) is 6.08 Å². The standard InChI is InChI=1S/C8H11NO3/c1-7(8(11)12)4-2-3-5-9-6-10/h1-5H2,(H,11,12). The van der Waals surface area contributed by atoms with Crippen molar-refractivity contribution in [2.24, 2.45) is 4.99 Å². The molecule has 1 N–H and O–H groups in total. The van der Waals surface area contributed by atoms with Gasteiger partial charge in [-0.1, -0.05) is 6.58 Å². The molecule has 0 aromatic heterocycles. The fourth-order valence-corrected chi connectivity index (χ4v) is 0.682. The number of hydrogen-bond acceptors (Lipinski definition) is 3. The Morgan fingerprint density at radius 2 is 2.17 bits per heavy atom. The number of rotatable bonds is 6. The summed E-state index contributed by atoms with van der Waals surface area (Å²) in [6.07, 6.45) is 3.25. The van der Waals surface area contributed by atoms with Crippen molar-refractivity contribution in [2.75, 3.05) is 6.54 Å². The minimum absolute atomic E-state index is 0.199. The fraction of sp³-hybridized carbons (Fsp3) is 0.500. The van der Waals surface area contributed by atoms with Crippen LogP contribution >= 0.6 is 0 Å². The first-order chi connectivity index (χ1) is 5.68. The molecule has 0 rings (SSSR count). The van der Waals surface area contributed by atoms with E-state index in [0.29, 0.717) is 25.8 Å². The highest BCUT2D eigenvalue weighted by Crippen LogP contribution is 2.04. The van der Waals surface area contributed by atoms with Crippen molar-refractivity contribution in [3.8, 4) is 0 Å². The quantitative estimate of drug-likeness (QED) is 0.280. The van der Waals surface area contributed by atoms with E-state index in [2.05, 4.69) is 11.6 Å². The first-order valence-corrected chi connectivity index (χ1v) is 3.63. The molecule has 4 heteroatoms. The highest BCUT2D eigenvalue weighted by atomic mass is 16.4. The Morgan fingerprint density at radius 1 is 1.50 bits per heavy atom. The largest absolute Gasteiger partial charge is 0.478 e. The van der Waals surface area contributed by atoms with Crippen LogP contribution in [0, 0.1) is 0 Å². The van der Waals surface area contributed by atoms with Gasteiger partial charge in [-0.05, 0) is 19.3 Å². The molecular formula is C8H11NO3. The molecular weight excluding hydrogens is 158 g/mol. The fourth-order valence-electron chi connectivity index (χ4n) is 0.682. The Bertz CT molecular complexity index is 216. The molecule has 0 saturated heterocycles. The van der Waals surface area contributed by atoms with Gasteiger partial charge in [-0.25, -0.2) is 14.6 Å². The topological polar surface area (TPSA) is 66.7 Å². The summed E-state index contributed by atoms with van der Waals surface area (Å²) in [5, 5.41) is 8.40. The van der Waals surface area contributed by atoms with Crippen LogP contribution in [0.2, 0.25) is 0 Å². The van der Waals surface area contributed by atoms with Crippen molar-refractivity contribution in [3.63, 3.8) is 0 Å². The lowest BCUT2D eigenvalue weighted by atomic mass is 10.1. The summed E-state index contributed by atoms with van der Waals surface area (Å²) in [7, 11) is 0. The van der Waals surface area contributed by atoms with E-state index in [9.17, 15) is 9.59 Å². The molecule has 0 aromatic carbocycles. The molecule has 4 nitrogen and oxygen atoms in total. The van der Waals surface area contributed by atoms with Crippen LogP contribution in [-0.2, 0) is 9.59 Å². The highest BCUT2D eigenvalue weighted by molar-refractivity contribution is 5.85. The maximum atomic E-state index is 10.2. The van der Waals surface area contributed by atoms with E-state index in [0.717, 1.165) is 0 Å². The number of isocyanates is 1. The van der Waals surface area contributed by atoms with Crippen LogP contribution in [0.1, 0.15) is 19.3 Å². The van der Waals surface area contributed by atoms with Gasteiger partial charge in [0.15, 0.2) is 0 Å². The number of carbonyl (C=O) groups excluding carboxylic acids is 1. The van der Waals surface area contributed by atoms with Crippen LogP contribution in [-0.4, -0.2) is 23.7 Å². The number of hydrogen-bond donors (Lipinski definition) is 1. The molecule has 0 aliphatic heterocycles. The van der Waals surface area contributed by atoms with E-state index in [-0.39, 0.29) is 5.57 Å². The Labute approximate surface area is 70.6 Å². The van der Waals surface area contributed by atoms with Crippen molar-refractivity contribution in [2.45, 2.75) is 19.3 Å². The summed E-state index contributed by atoms with van der Waals surface area (Å²) in [4.78, 5) is 23.2. The van der Waals surface area contributed by atoms with Crippen molar-refractivity contribution in [1.29, 1.82) is 0 Å². The van der Waals surface area contributed by atoms with Gasteiger partial charge in [-0.3, -0.25) is 0 Å². The zero-order valence-electron chi connectivity index (χ0n) is 6.75. The first kappa shape index (κ1) is 10.6. The molecule has 0 aliphatic rings. The maximum Gasteiger partial charge on any atom is 0.330 e. The lowest BCUT2D eigenvalue weighted by Crippen LogP contribution is -1.98. The summed E-state index contributed by atoms with van der Waals surface area (Å²) >= 11 is 0. The van der Waals surface area contributed by atoms with Crippen LogP contribution in [0.25, 0.3) is 0 Å². The lowest BCUT2D eigenvalue weighted by molar-refractivity contribution is -0.132. The number of aliphatic imine (C=N–C) groups is 1. The SMILES string of the molecule is C=C(CCCCN=C=O)C(=O)O. The molecule has 0 aromatic rings. The number of carbonyl (C=O) groups is 1. The third-order valence-electron chi connectivity index (χ3n) is 1.37.